The molecule has 72 valence electrons. The van der Waals surface area contributed by atoms with Crippen LogP contribution < -0.4 is 0 Å². The number of nitrogens with one attached hydrogen (secondary N) is 1. The highest BCUT2D eigenvalue weighted by Crippen LogP contribution is 2.11. The lowest BCUT2D eigenvalue weighted by molar-refractivity contribution is 0.753. The van der Waals surface area contributed by atoms with Crippen molar-refractivity contribution in [3.05, 3.63) is 23.4 Å². The molecule has 1 N–H and O–H groups in total. The zero-order chi connectivity index (χ0) is 9.97. The van der Waals surface area contributed by atoms with E-state index in [-0.39, 0.29) is 0 Å². The van der Waals surface area contributed by atoms with Gasteiger partial charge in [-0.25, -0.2) is 4.98 Å². The summed E-state index contributed by atoms with van der Waals surface area (Å²) in [6.07, 6.45) is 4.92. The fourth-order valence-corrected chi connectivity index (χ4v) is 1.48. The molecule has 5 nitrogen and oxygen atoms in total. The van der Waals surface area contributed by atoms with Crippen LogP contribution in [0, 0.1) is 4.77 Å². The molecular formula is C8H9N5S. The van der Waals surface area contributed by atoms with Gasteiger partial charge in [-0.2, -0.15) is 5.10 Å². The Balaban J connectivity index is 2.57. The lowest BCUT2D eigenvalue weighted by Gasteiger charge is -2.00. The summed E-state index contributed by atoms with van der Waals surface area (Å²) in [5, 5.41) is 6.83. The highest BCUT2D eigenvalue weighted by molar-refractivity contribution is 7.71. The van der Waals surface area contributed by atoms with E-state index in [1.165, 1.54) is 0 Å². The second-order valence-electron chi connectivity index (χ2n) is 2.69. The Bertz CT molecular complexity index is 472. The largest absolute Gasteiger partial charge is 0.299 e. The molecule has 0 unspecified atom stereocenters. The summed E-state index contributed by atoms with van der Waals surface area (Å²) in [6.45, 7) is 2.77. The molecule has 0 fully saturated rings. The maximum Gasteiger partial charge on any atom is 0.195 e. The first-order valence-electron chi connectivity index (χ1n) is 4.24. The molecule has 2 rings (SSSR count). The minimum absolute atomic E-state index is 0.605. The van der Waals surface area contributed by atoms with Crippen molar-refractivity contribution in [2.75, 3.05) is 0 Å². The van der Waals surface area contributed by atoms with Gasteiger partial charge in [-0.1, -0.05) is 0 Å². The summed E-state index contributed by atoms with van der Waals surface area (Å²) in [5.74, 6) is 0.727. The van der Waals surface area contributed by atoms with Crippen LogP contribution in [0.2, 0.25) is 0 Å². The highest BCUT2D eigenvalue weighted by atomic mass is 32.1. The van der Waals surface area contributed by atoms with Crippen LogP contribution >= 0.6 is 12.2 Å². The summed E-state index contributed by atoms with van der Waals surface area (Å²) in [6, 6.07) is 0. The Hall–Kier alpha value is -1.56. The molecule has 0 aliphatic carbocycles. The SMILES string of the molecule is CCn1c(-c2cnccn2)n[nH]c1=S. The molecule has 0 spiro atoms. The van der Waals surface area contributed by atoms with Gasteiger partial charge in [0.25, 0.3) is 0 Å². The molecule has 0 atom stereocenters. The van der Waals surface area contributed by atoms with Crippen LogP contribution in [0.25, 0.3) is 11.5 Å². The van der Waals surface area contributed by atoms with Crippen LogP contribution in [0.3, 0.4) is 0 Å². The lowest BCUT2D eigenvalue weighted by Crippen LogP contribution is -1.99. The summed E-state index contributed by atoms with van der Waals surface area (Å²) < 4.78 is 2.48. The Labute approximate surface area is 85.8 Å². The van der Waals surface area contributed by atoms with E-state index in [1.54, 1.807) is 18.6 Å². The van der Waals surface area contributed by atoms with Gasteiger partial charge in [-0.3, -0.25) is 14.6 Å². The first-order valence-corrected chi connectivity index (χ1v) is 4.65. The summed E-state index contributed by atoms with van der Waals surface area (Å²) >= 11 is 5.07. The van der Waals surface area contributed by atoms with Crippen LogP contribution in [-0.2, 0) is 6.54 Å². The quantitative estimate of drug-likeness (QED) is 0.756. The highest BCUT2D eigenvalue weighted by Gasteiger charge is 2.07. The topological polar surface area (TPSA) is 59.4 Å². The van der Waals surface area contributed by atoms with Gasteiger partial charge in [-0.15, -0.1) is 0 Å². The molecular weight excluding hydrogens is 198 g/mol. The molecule has 0 saturated carbocycles. The molecule has 0 aliphatic heterocycles. The van der Waals surface area contributed by atoms with Crippen molar-refractivity contribution in [1.82, 2.24) is 24.7 Å². The number of aromatic amines is 1. The molecule has 0 saturated heterocycles. The molecule has 0 bridgehead atoms. The summed E-state index contributed by atoms with van der Waals surface area (Å²) in [4.78, 5) is 8.14. The molecule has 2 aromatic rings. The van der Waals surface area contributed by atoms with Gasteiger partial charge in [0.2, 0.25) is 0 Å². The standard InChI is InChI=1S/C8H9N5S/c1-2-13-7(11-12-8(13)14)6-5-9-3-4-10-6/h3-5H,2H2,1H3,(H,12,14). The first kappa shape index (κ1) is 9.01. The van der Waals surface area contributed by atoms with E-state index >= 15 is 0 Å². The average molecular weight is 207 g/mol. The van der Waals surface area contributed by atoms with E-state index in [0.29, 0.717) is 4.77 Å². The van der Waals surface area contributed by atoms with Crippen molar-refractivity contribution < 1.29 is 0 Å². The smallest absolute Gasteiger partial charge is 0.195 e. The Morgan fingerprint density at radius 2 is 2.36 bits per heavy atom. The lowest BCUT2D eigenvalue weighted by atomic mass is 10.4. The van der Waals surface area contributed by atoms with Gasteiger partial charge < -0.3 is 0 Å². The van der Waals surface area contributed by atoms with E-state index in [0.717, 1.165) is 18.1 Å². The molecule has 0 aliphatic rings. The molecule has 2 heterocycles. The summed E-state index contributed by atoms with van der Waals surface area (Å²) in [7, 11) is 0. The Morgan fingerprint density at radius 3 is 3.00 bits per heavy atom. The second kappa shape index (κ2) is 3.67. The Morgan fingerprint density at radius 1 is 1.50 bits per heavy atom. The van der Waals surface area contributed by atoms with Crippen LogP contribution in [0.1, 0.15) is 6.92 Å². The number of H-pyrrole nitrogens is 1. The molecule has 6 heteroatoms. The van der Waals surface area contributed by atoms with Gasteiger partial charge in [0.05, 0.1) is 6.20 Å². The number of hydrogen-bond acceptors (Lipinski definition) is 4. The maximum atomic E-state index is 5.07. The van der Waals surface area contributed by atoms with Gasteiger partial charge >= 0.3 is 0 Å². The fraction of sp³-hybridized carbons (Fsp3) is 0.250. The molecule has 2 aromatic heterocycles. The van der Waals surface area contributed by atoms with Crippen molar-refractivity contribution in [1.29, 1.82) is 0 Å². The first-order chi connectivity index (χ1) is 6.83. The third-order valence-electron chi connectivity index (χ3n) is 1.87. The van der Waals surface area contributed by atoms with Crippen LogP contribution in [0.5, 0.6) is 0 Å². The predicted octanol–water partition coefficient (Wildman–Crippen LogP) is 1.42. The van der Waals surface area contributed by atoms with Crippen molar-refractivity contribution >= 4 is 12.2 Å². The predicted molar refractivity (Wildman–Crippen MR) is 54.1 cm³/mol. The van der Waals surface area contributed by atoms with Crippen molar-refractivity contribution in [2.45, 2.75) is 13.5 Å². The van der Waals surface area contributed by atoms with E-state index < -0.39 is 0 Å². The molecule has 0 aromatic carbocycles. The molecule has 14 heavy (non-hydrogen) atoms. The van der Waals surface area contributed by atoms with E-state index in [2.05, 4.69) is 20.2 Å². The average Bonchev–Trinajstić information content (AvgIpc) is 2.61. The maximum absolute atomic E-state index is 5.07. The number of nitrogens with zero attached hydrogens (tertiary/aromatic N) is 4. The van der Waals surface area contributed by atoms with Crippen LogP contribution in [0.4, 0.5) is 0 Å². The van der Waals surface area contributed by atoms with Crippen molar-refractivity contribution in [2.24, 2.45) is 0 Å². The van der Waals surface area contributed by atoms with Gasteiger partial charge in [0.1, 0.15) is 5.69 Å². The Kier molecular flexibility index (Phi) is 2.36. The van der Waals surface area contributed by atoms with Gasteiger partial charge in [0.15, 0.2) is 10.6 Å². The minimum Gasteiger partial charge on any atom is -0.299 e. The minimum atomic E-state index is 0.605. The van der Waals surface area contributed by atoms with Crippen LogP contribution in [-0.4, -0.2) is 24.7 Å². The summed E-state index contributed by atoms with van der Waals surface area (Å²) in [5.41, 5.74) is 0.724. The van der Waals surface area contributed by atoms with E-state index in [9.17, 15) is 0 Å². The second-order valence-corrected chi connectivity index (χ2v) is 3.07. The molecule has 0 amide bonds. The monoisotopic (exact) mass is 207 g/mol. The van der Waals surface area contributed by atoms with E-state index in [1.807, 2.05) is 11.5 Å². The van der Waals surface area contributed by atoms with Crippen molar-refractivity contribution in [3.63, 3.8) is 0 Å². The van der Waals surface area contributed by atoms with E-state index in [4.69, 9.17) is 12.2 Å². The normalized spacial score (nSPS) is 10.4. The zero-order valence-corrected chi connectivity index (χ0v) is 8.45. The van der Waals surface area contributed by atoms with Gasteiger partial charge in [0, 0.05) is 18.9 Å². The fourth-order valence-electron chi connectivity index (χ4n) is 1.22. The van der Waals surface area contributed by atoms with Gasteiger partial charge in [-0.05, 0) is 19.1 Å². The number of hydrogen-bond donors (Lipinski definition) is 1. The molecule has 0 radical (unpaired) electrons. The zero-order valence-electron chi connectivity index (χ0n) is 7.64. The number of aromatic nitrogens is 5. The van der Waals surface area contributed by atoms with Crippen LogP contribution in [0.15, 0.2) is 18.6 Å². The number of rotatable bonds is 2. The third kappa shape index (κ3) is 1.44. The third-order valence-corrected chi connectivity index (χ3v) is 2.18. The van der Waals surface area contributed by atoms with Crippen molar-refractivity contribution in [3.8, 4) is 11.5 Å².